The van der Waals surface area contributed by atoms with Crippen LogP contribution < -0.4 is 5.73 Å². The van der Waals surface area contributed by atoms with Crippen molar-refractivity contribution in [2.45, 2.75) is 0 Å². The molecular formula is C19H14N2O. The molecule has 0 unspecified atom stereocenters. The maximum atomic E-state index is 11.6. The van der Waals surface area contributed by atoms with Gasteiger partial charge in [0, 0.05) is 27.7 Å². The number of nitrogens with one attached hydrogen (secondary N) is 1. The molecule has 4 aromatic rings. The Balaban J connectivity index is 2.01. The molecule has 0 aliphatic rings. The Morgan fingerprint density at radius 3 is 2.50 bits per heavy atom. The molecule has 0 bridgehead atoms. The van der Waals surface area contributed by atoms with E-state index < -0.39 is 5.91 Å². The first-order valence-electron chi connectivity index (χ1n) is 7.14. The van der Waals surface area contributed by atoms with Crippen LogP contribution in [0.3, 0.4) is 0 Å². The van der Waals surface area contributed by atoms with Crippen LogP contribution in [-0.2, 0) is 0 Å². The van der Waals surface area contributed by atoms with Crippen molar-refractivity contribution in [3.8, 4) is 11.3 Å². The molecule has 3 N–H and O–H groups in total. The number of primary amides is 1. The SMILES string of the molecule is NC(=O)c1cccc2[nH]c(-c3cccc4ccccc34)cc12. The minimum atomic E-state index is -0.408. The number of carbonyl (C=O) groups is 1. The summed E-state index contributed by atoms with van der Waals surface area (Å²) in [5, 5.41) is 3.23. The molecule has 0 saturated heterocycles. The van der Waals surface area contributed by atoms with Gasteiger partial charge in [-0.1, -0.05) is 48.5 Å². The average Bonchev–Trinajstić information content (AvgIpc) is 2.97. The van der Waals surface area contributed by atoms with Crippen LogP contribution in [0.1, 0.15) is 10.4 Å². The first-order chi connectivity index (χ1) is 10.7. The minimum Gasteiger partial charge on any atom is -0.366 e. The van der Waals surface area contributed by atoms with Crippen molar-refractivity contribution in [2.24, 2.45) is 5.73 Å². The second kappa shape index (κ2) is 4.74. The number of hydrogen-bond acceptors (Lipinski definition) is 1. The van der Waals surface area contributed by atoms with Gasteiger partial charge in [-0.15, -0.1) is 0 Å². The highest BCUT2D eigenvalue weighted by Gasteiger charge is 2.11. The van der Waals surface area contributed by atoms with Gasteiger partial charge in [0.1, 0.15) is 0 Å². The van der Waals surface area contributed by atoms with Crippen LogP contribution in [0.25, 0.3) is 32.9 Å². The number of carbonyl (C=O) groups excluding carboxylic acids is 1. The van der Waals surface area contributed by atoms with Crippen LogP contribution in [0.4, 0.5) is 0 Å². The second-order valence-electron chi connectivity index (χ2n) is 5.34. The molecule has 106 valence electrons. The Morgan fingerprint density at radius 2 is 1.64 bits per heavy atom. The molecule has 0 atom stereocenters. The van der Waals surface area contributed by atoms with E-state index in [2.05, 4.69) is 29.2 Å². The van der Waals surface area contributed by atoms with Crippen molar-refractivity contribution in [1.82, 2.24) is 4.98 Å². The summed E-state index contributed by atoms with van der Waals surface area (Å²) in [6.45, 7) is 0. The number of nitrogens with two attached hydrogens (primary N) is 1. The topological polar surface area (TPSA) is 58.9 Å². The standard InChI is InChI=1S/C19H14N2O/c20-19(22)15-9-4-10-17-16(15)11-18(21-17)14-8-3-6-12-5-1-2-7-13(12)14/h1-11,21H,(H2,20,22). The van der Waals surface area contributed by atoms with E-state index in [9.17, 15) is 4.79 Å². The first kappa shape index (κ1) is 12.7. The molecule has 0 aliphatic carbocycles. The Labute approximate surface area is 127 Å². The molecule has 3 nitrogen and oxygen atoms in total. The summed E-state index contributed by atoms with van der Waals surface area (Å²) in [7, 11) is 0. The van der Waals surface area contributed by atoms with Gasteiger partial charge in [0.25, 0.3) is 0 Å². The average molecular weight is 286 g/mol. The quantitative estimate of drug-likeness (QED) is 0.573. The summed E-state index contributed by atoms with van der Waals surface area (Å²) in [6, 6.07) is 22.0. The van der Waals surface area contributed by atoms with Crippen molar-refractivity contribution in [1.29, 1.82) is 0 Å². The molecule has 1 aromatic heterocycles. The third kappa shape index (κ3) is 1.87. The number of aromatic nitrogens is 1. The molecule has 22 heavy (non-hydrogen) atoms. The van der Waals surface area contributed by atoms with Gasteiger partial charge in [-0.3, -0.25) is 4.79 Å². The number of H-pyrrole nitrogens is 1. The van der Waals surface area contributed by atoms with Gasteiger partial charge in [0.15, 0.2) is 0 Å². The van der Waals surface area contributed by atoms with Crippen molar-refractivity contribution < 1.29 is 4.79 Å². The number of aromatic amines is 1. The minimum absolute atomic E-state index is 0.408. The van der Waals surface area contributed by atoms with Gasteiger partial charge < -0.3 is 10.7 Å². The van der Waals surface area contributed by atoms with Gasteiger partial charge >= 0.3 is 0 Å². The summed E-state index contributed by atoms with van der Waals surface area (Å²) >= 11 is 0. The van der Waals surface area contributed by atoms with Gasteiger partial charge in [-0.2, -0.15) is 0 Å². The summed E-state index contributed by atoms with van der Waals surface area (Å²) in [5.74, 6) is -0.408. The highest BCUT2D eigenvalue weighted by Crippen LogP contribution is 2.31. The predicted octanol–water partition coefficient (Wildman–Crippen LogP) is 4.09. The van der Waals surface area contributed by atoms with Crippen LogP contribution in [0.15, 0.2) is 66.7 Å². The van der Waals surface area contributed by atoms with E-state index in [4.69, 9.17) is 5.73 Å². The third-order valence-electron chi connectivity index (χ3n) is 4.01. The van der Waals surface area contributed by atoms with E-state index in [0.29, 0.717) is 5.56 Å². The predicted molar refractivity (Wildman–Crippen MR) is 89.8 cm³/mol. The lowest BCUT2D eigenvalue weighted by molar-refractivity contribution is 0.100. The highest BCUT2D eigenvalue weighted by atomic mass is 16.1. The molecule has 0 aliphatic heterocycles. The molecular weight excluding hydrogens is 272 g/mol. The molecule has 0 fully saturated rings. The van der Waals surface area contributed by atoms with Gasteiger partial charge in [0.2, 0.25) is 5.91 Å². The first-order valence-corrected chi connectivity index (χ1v) is 7.14. The Morgan fingerprint density at radius 1 is 0.864 bits per heavy atom. The fourth-order valence-electron chi connectivity index (χ4n) is 2.98. The smallest absolute Gasteiger partial charge is 0.249 e. The zero-order chi connectivity index (χ0) is 15.1. The van der Waals surface area contributed by atoms with Crippen LogP contribution in [-0.4, -0.2) is 10.9 Å². The zero-order valence-electron chi connectivity index (χ0n) is 11.8. The fourth-order valence-corrected chi connectivity index (χ4v) is 2.98. The maximum Gasteiger partial charge on any atom is 0.249 e. The summed E-state index contributed by atoms with van der Waals surface area (Å²) in [6.07, 6.45) is 0. The molecule has 3 aromatic carbocycles. The van der Waals surface area contributed by atoms with Crippen molar-refractivity contribution >= 4 is 27.6 Å². The maximum absolute atomic E-state index is 11.6. The third-order valence-corrected chi connectivity index (χ3v) is 4.01. The largest absolute Gasteiger partial charge is 0.366 e. The van der Waals surface area contributed by atoms with Crippen LogP contribution in [0.5, 0.6) is 0 Å². The lowest BCUT2D eigenvalue weighted by atomic mass is 10.0. The second-order valence-corrected chi connectivity index (χ2v) is 5.34. The molecule has 1 amide bonds. The monoisotopic (exact) mass is 286 g/mol. The molecule has 1 heterocycles. The number of fused-ring (bicyclic) bond motifs is 2. The number of benzene rings is 3. The molecule has 0 saturated carbocycles. The van der Waals surface area contributed by atoms with Crippen molar-refractivity contribution in [2.75, 3.05) is 0 Å². The van der Waals surface area contributed by atoms with E-state index in [1.54, 1.807) is 6.07 Å². The van der Waals surface area contributed by atoms with E-state index in [1.165, 1.54) is 10.8 Å². The number of rotatable bonds is 2. The summed E-state index contributed by atoms with van der Waals surface area (Å²) in [5.41, 5.74) is 9.03. The number of hydrogen-bond donors (Lipinski definition) is 2. The zero-order valence-corrected chi connectivity index (χ0v) is 11.8. The molecule has 3 heteroatoms. The fraction of sp³-hybridized carbons (Fsp3) is 0. The molecule has 0 spiro atoms. The van der Waals surface area contributed by atoms with Crippen LogP contribution >= 0.6 is 0 Å². The van der Waals surface area contributed by atoms with Crippen LogP contribution in [0.2, 0.25) is 0 Å². The lowest BCUT2D eigenvalue weighted by Crippen LogP contribution is -2.10. The normalized spacial score (nSPS) is 11.1. The van der Waals surface area contributed by atoms with E-state index in [0.717, 1.165) is 22.2 Å². The van der Waals surface area contributed by atoms with E-state index in [1.807, 2.05) is 36.4 Å². The molecule has 0 radical (unpaired) electrons. The molecule has 4 rings (SSSR count). The van der Waals surface area contributed by atoms with Gasteiger partial charge in [-0.25, -0.2) is 0 Å². The van der Waals surface area contributed by atoms with E-state index in [-0.39, 0.29) is 0 Å². The lowest BCUT2D eigenvalue weighted by Gasteiger charge is -2.04. The Kier molecular flexibility index (Phi) is 2.73. The van der Waals surface area contributed by atoms with Crippen LogP contribution in [0, 0.1) is 0 Å². The summed E-state index contributed by atoms with van der Waals surface area (Å²) in [4.78, 5) is 15.0. The van der Waals surface area contributed by atoms with Crippen molar-refractivity contribution in [3.05, 3.63) is 72.3 Å². The summed E-state index contributed by atoms with van der Waals surface area (Å²) < 4.78 is 0. The number of amides is 1. The highest BCUT2D eigenvalue weighted by molar-refractivity contribution is 6.08. The van der Waals surface area contributed by atoms with Crippen molar-refractivity contribution in [3.63, 3.8) is 0 Å². The van der Waals surface area contributed by atoms with E-state index >= 15 is 0 Å². The van der Waals surface area contributed by atoms with Gasteiger partial charge in [-0.05, 0) is 29.0 Å². The Hall–Kier alpha value is -3.07. The van der Waals surface area contributed by atoms with Gasteiger partial charge in [0.05, 0.1) is 0 Å². The Bertz CT molecular complexity index is 1010.